The number of nitrogens with zero attached hydrogens (tertiary/aromatic N) is 4. The van der Waals surface area contributed by atoms with Gasteiger partial charge in [-0.25, -0.2) is 0 Å². The van der Waals surface area contributed by atoms with Crippen molar-refractivity contribution >= 4 is 34.3 Å². The Morgan fingerprint density at radius 1 is 1.32 bits per heavy atom. The number of anilines is 2. The SMILES string of the molecule is CCS(=O)CCNc1nc(Cl)nc(N2CCCC2)n1. The third-order valence-corrected chi connectivity index (χ3v) is 4.39. The van der Waals surface area contributed by atoms with Crippen LogP contribution in [0.4, 0.5) is 11.9 Å². The first-order chi connectivity index (χ1) is 9.19. The number of hydrogen-bond acceptors (Lipinski definition) is 6. The Morgan fingerprint density at radius 3 is 2.74 bits per heavy atom. The molecule has 6 nitrogen and oxygen atoms in total. The molecule has 106 valence electrons. The zero-order chi connectivity index (χ0) is 13.7. The first kappa shape index (κ1) is 14.5. The minimum absolute atomic E-state index is 0.191. The molecular weight excluding hydrogens is 286 g/mol. The number of nitrogens with one attached hydrogen (secondary N) is 1. The maximum absolute atomic E-state index is 11.3. The van der Waals surface area contributed by atoms with E-state index >= 15 is 0 Å². The third kappa shape index (κ3) is 4.28. The molecule has 0 radical (unpaired) electrons. The zero-order valence-corrected chi connectivity index (χ0v) is 12.5. The standard InChI is InChI=1S/C11H18ClN5OS/c1-2-19(18)8-5-13-10-14-9(12)15-11(16-10)17-6-3-4-7-17/h2-8H2,1H3,(H,13,14,15,16). The molecule has 1 aromatic heterocycles. The van der Waals surface area contributed by atoms with Crippen LogP contribution in [0, 0.1) is 0 Å². The third-order valence-electron chi connectivity index (χ3n) is 2.92. The predicted molar refractivity (Wildman–Crippen MR) is 78.3 cm³/mol. The van der Waals surface area contributed by atoms with E-state index in [-0.39, 0.29) is 5.28 Å². The lowest BCUT2D eigenvalue weighted by Gasteiger charge is -2.15. The molecule has 1 aromatic rings. The van der Waals surface area contributed by atoms with Gasteiger partial charge in [-0.1, -0.05) is 6.92 Å². The molecule has 0 saturated carbocycles. The van der Waals surface area contributed by atoms with Crippen LogP contribution in [0.2, 0.25) is 5.28 Å². The van der Waals surface area contributed by atoms with Gasteiger partial charge in [-0.05, 0) is 24.4 Å². The molecule has 1 fully saturated rings. The highest BCUT2D eigenvalue weighted by atomic mass is 35.5. The average Bonchev–Trinajstić information content (AvgIpc) is 2.91. The number of halogens is 1. The van der Waals surface area contributed by atoms with Gasteiger partial charge in [-0.2, -0.15) is 15.0 Å². The zero-order valence-electron chi connectivity index (χ0n) is 10.9. The lowest BCUT2D eigenvalue weighted by atomic mass is 10.4. The molecule has 1 atom stereocenters. The van der Waals surface area contributed by atoms with Gasteiger partial charge < -0.3 is 10.2 Å². The first-order valence-corrected chi connectivity index (χ1v) is 8.31. The fourth-order valence-electron chi connectivity index (χ4n) is 1.90. The normalized spacial score (nSPS) is 16.6. The Kier molecular flexibility index (Phi) is 5.33. The van der Waals surface area contributed by atoms with E-state index in [1.54, 1.807) is 0 Å². The van der Waals surface area contributed by atoms with Crippen LogP contribution in [0.5, 0.6) is 0 Å². The molecule has 0 amide bonds. The molecule has 1 N–H and O–H groups in total. The number of aromatic nitrogens is 3. The van der Waals surface area contributed by atoms with Crippen LogP contribution in [0.3, 0.4) is 0 Å². The van der Waals surface area contributed by atoms with Crippen molar-refractivity contribution in [2.45, 2.75) is 19.8 Å². The lowest BCUT2D eigenvalue weighted by Crippen LogP contribution is -2.22. The molecule has 1 aliphatic rings. The molecule has 2 rings (SSSR count). The predicted octanol–water partition coefficient (Wildman–Crippen LogP) is 1.31. The van der Waals surface area contributed by atoms with Gasteiger partial charge in [-0.15, -0.1) is 0 Å². The fourth-order valence-corrected chi connectivity index (χ4v) is 2.67. The van der Waals surface area contributed by atoms with E-state index in [2.05, 4.69) is 25.2 Å². The molecule has 2 heterocycles. The summed E-state index contributed by atoms with van der Waals surface area (Å²) in [5.74, 6) is 2.32. The van der Waals surface area contributed by atoms with E-state index in [1.807, 2.05) is 6.92 Å². The van der Waals surface area contributed by atoms with Gasteiger partial charge in [0.15, 0.2) is 0 Å². The van der Waals surface area contributed by atoms with Crippen molar-refractivity contribution < 1.29 is 4.21 Å². The van der Waals surface area contributed by atoms with Crippen molar-refractivity contribution in [1.82, 2.24) is 15.0 Å². The molecule has 0 aromatic carbocycles. The Balaban J connectivity index is 1.98. The molecule has 0 bridgehead atoms. The van der Waals surface area contributed by atoms with Crippen LogP contribution in [0.15, 0.2) is 0 Å². The van der Waals surface area contributed by atoms with E-state index in [9.17, 15) is 4.21 Å². The highest BCUT2D eigenvalue weighted by molar-refractivity contribution is 7.84. The molecule has 1 unspecified atom stereocenters. The molecule has 1 aliphatic heterocycles. The molecular formula is C11H18ClN5OS. The molecule has 1 saturated heterocycles. The van der Waals surface area contributed by atoms with Crippen LogP contribution in [0.25, 0.3) is 0 Å². The monoisotopic (exact) mass is 303 g/mol. The van der Waals surface area contributed by atoms with Gasteiger partial charge >= 0.3 is 0 Å². The summed E-state index contributed by atoms with van der Waals surface area (Å²) in [5.41, 5.74) is 0. The topological polar surface area (TPSA) is 71.0 Å². The van der Waals surface area contributed by atoms with Crippen molar-refractivity contribution in [3.63, 3.8) is 0 Å². The molecule has 0 aliphatic carbocycles. The molecule has 0 spiro atoms. The summed E-state index contributed by atoms with van der Waals surface area (Å²) in [7, 11) is -0.790. The summed E-state index contributed by atoms with van der Waals surface area (Å²) in [6, 6.07) is 0. The van der Waals surface area contributed by atoms with Gasteiger partial charge in [0.05, 0.1) is 0 Å². The second-order valence-electron chi connectivity index (χ2n) is 4.28. The van der Waals surface area contributed by atoms with E-state index in [0.29, 0.717) is 29.9 Å². The quantitative estimate of drug-likeness (QED) is 0.854. The number of rotatable bonds is 6. The second-order valence-corrected chi connectivity index (χ2v) is 6.48. The largest absolute Gasteiger partial charge is 0.353 e. The summed E-state index contributed by atoms with van der Waals surface area (Å²) in [6.45, 7) is 4.39. The van der Waals surface area contributed by atoms with Crippen LogP contribution >= 0.6 is 11.6 Å². The van der Waals surface area contributed by atoms with E-state index in [0.717, 1.165) is 25.9 Å². The Labute approximate surface area is 120 Å². The van der Waals surface area contributed by atoms with Crippen molar-refractivity contribution in [2.24, 2.45) is 0 Å². The van der Waals surface area contributed by atoms with Crippen LogP contribution in [-0.2, 0) is 10.8 Å². The summed E-state index contributed by atoms with van der Waals surface area (Å²) in [4.78, 5) is 14.6. The van der Waals surface area contributed by atoms with Gasteiger partial charge in [0.1, 0.15) is 0 Å². The maximum Gasteiger partial charge on any atom is 0.231 e. The fraction of sp³-hybridized carbons (Fsp3) is 0.727. The summed E-state index contributed by atoms with van der Waals surface area (Å²) < 4.78 is 11.3. The van der Waals surface area contributed by atoms with Crippen molar-refractivity contribution in [2.75, 3.05) is 41.4 Å². The van der Waals surface area contributed by atoms with E-state index in [4.69, 9.17) is 11.6 Å². The number of hydrogen-bond donors (Lipinski definition) is 1. The van der Waals surface area contributed by atoms with Gasteiger partial charge in [0.2, 0.25) is 17.2 Å². The van der Waals surface area contributed by atoms with Crippen LogP contribution in [-0.4, -0.2) is 50.3 Å². The van der Waals surface area contributed by atoms with Gasteiger partial charge in [0.25, 0.3) is 0 Å². The summed E-state index contributed by atoms with van der Waals surface area (Å²) >= 11 is 5.91. The van der Waals surface area contributed by atoms with Gasteiger partial charge in [-0.3, -0.25) is 4.21 Å². The lowest BCUT2D eigenvalue weighted by molar-refractivity contribution is 0.684. The smallest absolute Gasteiger partial charge is 0.231 e. The first-order valence-electron chi connectivity index (χ1n) is 6.44. The van der Waals surface area contributed by atoms with Gasteiger partial charge in [0, 0.05) is 41.9 Å². The summed E-state index contributed by atoms with van der Waals surface area (Å²) in [5, 5.41) is 3.24. The Bertz CT molecular complexity index is 453. The highest BCUT2D eigenvalue weighted by Gasteiger charge is 2.16. The Morgan fingerprint density at radius 2 is 2.05 bits per heavy atom. The average molecular weight is 304 g/mol. The summed E-state index contributed by atoms with van der Waals surface area (Å²) in [6.07, 6.45) is 2.31. The Hall–Kier alpha value is -0.950. The van der Waals surface area contributed by atoms with Crippen LogP contribution < -0.4 is 10.2 Å². The highest BCUT2D eigenvalue weighted by Crippen LogP contribution is 2.18. The molecule has 19 heavy (non-hydrogen) atoms. The van der Waals surface area contributed by atoms with E-state index in [1.165, 1.54) is 0 Å². The van der Waals surface area contributed by atoms with Crippen molar-refractivity contribution in [3.8, 4) is 0 Å². The molecule has 8 heteroatoms. The van der Waals surface area contributed by atoms with E-state index < -0.39 is 10.8 Å². The van der Waals surface area contributed by atoms with Crippen molar-refractivity contribution in [1.29, 1.82) is 0 Å². The van der Waals surface area contributed by atoms with Crippen LogP contribution in [0.1, 0.15) is 19.8 Å². The maximum atomic E-state index is 11.3. The second kappa shape index (κ2) is 7.00. The minimum Gasteiger partial charge on any atom is -0.353 e. The minimum atomic E-state index is -0.790. The van der Waals surface area contributed by atoms with Crippen molar-refractivity contribution in [3.05, 3.63) is 5.28 Å².